The smallest absolute Gasteiger partial charge is 0.160 e. The first kappa shape index (κ1) is 31.0. The summed E-state index contributed by atoms with van der Waals surface area (Å²) in [6, 6.07) is 66.4. The third-order valence-corrected chi connectivity index (χ3v) is 11.0. The molecule has 0 bridgehead atoms. The lowest BCUT2D eigenvalue weighted by atomic mass is 9.96. The molecular formula is C49H31N3S. The molecule has 2 aromatic heterocycles. The van der Waals surface area contributed by atoms with E-state index in [-0.39, 0.29) is 0 Å². The Kier molecular flexibility index (Phi) is 7.67. The van der Waals surface area contributed by atoms with Crippen molar-refractivity contribution in [2.45, 2.75) is 0 Å². The second kappa shape index (κ2) is 13.1. The normalized spacial score (nSPS) is 11.4. The summed E-state index contributed by atoms with van der Waals surface area (Å²) >= 11 is 1.71. The first-order valence-corrected chi connectivity index (χ1v) is 18.6. The summed E-state index contributed by atoms with van der Waals surface area (Å²) in [5.74, 6) is 0.685. The minimum absolute atomic E-state index is 0.685. The molecule has 0 spiro atoms. The number of hydrogen-bond donors (Lipinski definition) is 0. The summed E-state index contributed by atoms with van der Waals surface area (Å²) in [7, 11) is 0. The maximum atomic E-state index is 5.16. The minimum atomic E-state index is 0.685. The number of benzene rings is 8. The van der Waals surface area contributed by atoms with E-state index in [0.717, 1.165) is 44.2 Å². The van der Waals surface area contributed by atoms with Gasteiger partial charge in [-0.3, -0.25) is 0 Å². The zero-order valence-corrected chi connectivity index (χ0v) is 29.5. The van der Waals surface area contributed by atoms with Gasteiger partial charge in [0.2, 0.25) is 0 Å². The van der Waals surface area contributed by atoms with Gasteiger partial charge < -0.3 is 0 Å². The number of rotatable bonds is 6. The van der Waals surface area contributed by atoms with Crippen molar-refractivity contribution in [2.75, 3.05) is 0 Å². The molecule has 4 heteroatoms. The van der Waals surface area contributed by atoms with Crippen LogP contribution in [-0.4, -0.2) is 15.0 Å². The average molecular weight is 694 g/mol. The van der Waals surface area contributed by atoms with Gasteiger partial charge in [0.25, 0.3) is 0 Å². The Morgan fingerprint density at radius 2 is 0.906 bits per heavy atom. The van der Waals surface area contributed by atoms with Crippen LogP contribution in [0.25, 0.3) is 98.5 Å². The zero-order chi connectivity index (χ0) is 35.1. The number of fused-ring (bicyclic) bond motifs is 3. The molecular weight excluding hydrogens is 663 g/mol. The van der Waals surface area contributed by atoms with Gasteiger partial charge in [0.05, 0.1) is 21.6 Å². The van der Waals surface area contributed by atoms with Crippen LogP contribution < -0.4 is 0 Å². The fourth-order valence-corrected chi connectivity index (χ4v) is 8.10. The molecule has 10 rings (SSSR count). The van der Waals surface area contributed by atoms with Crippen molar-refractivity contribution in [1.29, 1.82) is 0 Å². The molecule has 0 N–H and O–H groups in total. The van der Waals surface area contributed by atoms with E-state index in [0.29, 0.717) is 5.82 Å². The van der Waals surface area contributed by atoms with E-state index in [4.69, 9.17) is 15.0 Å². The molecule has 0 saturated heterocycles. The van der Waals surface area contributed by atoms with E-state index in [9.17, 15) is 0 Å². The molecule has 0 saturated carbocycles. The molecule has 0 aliphatic heterocycles. The third kappa shape index (κ3) is 5.95. The van der Waals surface area contributed by atoms with E-state index in [2.05, 4.69) is 182 Å². The Morgan fingerprint density at radius 3 is 1.66 bits per heavy atom. The van der Waals surface area contributed by atoms with Crippen LogP contribution in [0, 0.1) is 0 Å². The predicted molar refractivity (Wildman–Crippen MR) is 223 cm³/mol. The molecule has 248 valence electrons. The molecule has 53 heavy (non-hydrogen) atoms. The van der Waals surface area contributed by atoms with Crippen LogP contribution in [0.3, 0.4) is 0 Å². The number of para-hydroxylation sites is 1. The Morgan fingerprint density at radius 1 is 0.340 bits per heavy atom. The maximum Gasteiger partial charge on any atom is 0.160 e. The standard InChI is InChI=1S/C49H31N3S/c1-2-10-40-30-41(29-18-32(40)8-1)33-16-21-36(22-17-33)45-31-46(37-23-19-35(20-24-37)43-13-7-11-34-9-3-4-12-42(34)43)51-48(50-45)38-25-27-39(28-26-38)49-52-44-14-5-6-15-47(44)53-49/h1-31H. The highest BCUT2D eigenvalue weighted by Gasteiger charge is 2.14. The molecule has 0 unspecified atom stereocenters. The van der Waals surface area contributed by atoms with Gasteiger partial charge in [0, 0.05) is 22.3 Å². The van der Waals surface area contributed by atoms with Crippen LogP contribution in [0.2, 0.25) is 0 Å². The summed E-state index contributed by atoms with van der Waals surface area (Å²) in [5, 5.41) is 5.97. The van der Waals surface area contributed by atoms with Crippen molar-refractivity contribution in [3.8, 4) is 66.7 Å². The van der Waals surface area contributed by atoms with Gasteiger partial charge in [0.15, 0.2) is 5.82 Å². The van der Waals surface area contributed by atoms with Crippen LogP contribution in [0.15, 0.2) is 188 Å². The molecule has 0 radical (unpaired) electrons. The third-order valence-electron chi connectivity index (χ3n) is 9.95. The van der Waals surface area contributed by atoms with Crippen LogP contribution >= 0.6 is 11.3 Å². The molecule has 2 heterocycles. The molecule has 0 aliphatic carbocycles. The van der Waals surface area contributed by atoms with Crippen LogP contribution in [0.1, 0.15) is 0 Å². The monoisotopic (exact) mass is 693 g/mol. The Bertz CT molecular complexity index is 2890. The summed E-state index contributed by atoms with van der Waals surface area (Å²) in [5.41, 5.74) is 11.7. The largest absolute Gasteiger partial charge is 0.236 e. The summed E-state index contributed by atoms with van der Waals surface area (Å²) < 4.78 is 1.19. The van der Waals surface area contributed by atoms with Gasteiger partial charge in [-0.15, -0.1) is 11.3 Å². The summed E-state index contributed by atoms with van der Waals surface area (Å²) in [4.78, 5) is 15.2. The fraction of sp³-hybridized carbons (Fsp3) is 0. The minimum Gasteiger partial charge on any atom is -0.236 e. The maximum absolute atomic E-state index is 5.16. The Labute approximate surface area is 311 Å². The molecule has 0 aliphatic rings. The predicted octanol–water partition coefficient (Wildman–Crippen LogP) is 13.4. The first-order valence-electron chi connectivity index (χ1n) is 17.8. The van der Waals surface area contributed by atoms with Crippen molar-refractivity contribution in [1.82, 2.24) is 15.0 Å². The van der Waals surface area contributed by atoms with Crippen molar-refractivity contribution < 1.29 is 0 Å². The number of thiazole rings is 1. The fourth-order valence-electron chi connectivity index (χ4n) is 7.13. The Hall–Kier alpha value is -6.75. The van der Waals surface area contributed by atoms with Crippen LogP contribution in [-0.2, 0) is 0 Å². The number of nitrogens with zero attached hydrogens (tertiary/aromatic N) is 3. The van der Waals surface area contributed by atoms with Crippen molar-refractivity contribution >= 4 is 43.1 Å². The van der Waals surface area contributed by atoms with E-state index in [1.807, 2.05) is 6.07 Å². The van der Waals surface area contributed by atoms with Gasteiger partial charge in [-0.05, 0) is 68.1 Å². The molecule has 3 nitrogen and oxygen atoms in total. The van der Waals surface area contributed by atoms with Gasteiger partial charge in [-0.2, -0.15) is 0 Å². The molecule has 10 aromatic rings. The highest BCUT2D eigenvalue weighted by molar-refractivity contribution is 7.21. The molecule has 8 aromatic carbocycles. The van der Waals surface area contributed by atoms with Gasteiger partial charge in [-0.25, -0.2) is 15.0 Å². The number of aromatic nitrogens is 3. The lowest BCUT2D eigenvalue weighted by molar-refractivity contribution is 1.18. The van der Waals surface area contributed by atoms with Crippen LogP contribution in [0.5, 0.6) is 0 Å². The molecule has 0 fully saturated rings. The van der Waals surface area contributed by atoms with E-state index >= 15 is 0 Å². The van der Waals surface area contributed by atoms with E-state index < -0.39 is 0 Å². The van der Waals surface area contributed by atoms with Crippen molar-refractivity contribution in [3.05, 3.63) is 188 Å². The SMILES string of the molecule is c1ccc2cc(-c3ccc(-c4cc(-c5ccc(-c6cccc7ccccc67)cc5)nc(-c5ccc(-c6nc7ccccc7s6)cc5)n4)cc3)ccc2c1. The van der Waals surface area contributed by atoms with Gasteiger partial charge in [0.1, 0.15) is 5.01 Å². The average Bonchev–Trinajstić information content (AvgIpc) is 3.68. The van der Waals surface area contributed by atoms with Crippen molar-refractivity contribution in [3.63, 3.8) is 0 Å². The summed E-state index contributed by atoms with van der Waals surface area (Å²) in [6.07, 6.45) is 0. The zero-order valence-electron chi connectivity index (χ0n) is 28.6. The molecule has 0 atom stereocenters. The van der Waals surface area contributed by atoms with Gasteiger partial charge >= 0.3 is 0 Å². The van der Waals surface area contributed by atoms with Crippen molar-refractivity contribution in [2.24, 2.45) is 0 Å². The highest BCUT2D eigenvalue weighted by atomic mass is 32.1. The second-order valence-electron chi connectivity index (χ2n) is 13.3. The lowest BCUT2D eigenvalue weighted by Gasteiger charge is -2.12. The lowest BCUT2D eigenvalue weighted by Crippen LogP contribution is -1.96. The number of hydrogen-bond acceptors (Lipinski definition) is 4. The van der Waals surface area contributed by atoms with E-state index in [1.165, 1.54) is 48.5 Å². The topological polar surface area (TPSA) is 38.7 Å². The quantitative estimate of drug-likeness (QED) is 0.174. The van der Waals surface area contributed by atoms with E-state index in [1.54, 1.807) is 11.3 Å². The first-order chi connectivity index (χ1) is 26.2. The van der Waals surface area contributed by atoms with Gasteiger partial charge in [-0.1, -0.05) is 164 Å². The molecule has 0 amide bonds. The highest BCUT2D eigenvalue weighted by Crippen LogP contribution is 2.35. The Balaban J connectivity index is 1.03. The summed E-state index contributed by atoms with van der Waals surface area (Å²) in [6.45, 7) is 0. The van der Waals surface area contributed by atoms with Crippen LogP contribution in [0.4, 0.5) is 0 Å². The second-order valence-corrected chi connectivity index (χ2v) is 14.3.